The van der Waals surface area contributed by atoms with Gasteiger partial charge in [0.2, 0.25) is 11.8 Å². The van der Waals surface area contributed by atoms with E-state index in [9.17, 15) is 9.59 Å². The molecule has 2 N–H and O–H groups in total. The Hall–Kier alpha value is -1.88. The number of aliphatic hydroxyl groups excluding tert-OH is 1. The molecule has 1 aromatic rings. The molecule has 0 aromatic heterocycles. The second-order valence-corrected chi connectivity index (χ2v) is 6.42. The van der Waals surface area contributed by atoms with Gasteiger partial charge in [0.1, 0.15) is 0 Å². The third kappa shape index (κ3) is 5.34. The van der Waals surface area contributed by atoms with Crippen LogP contribution in [0, 0.1) is 5.92 Å². The predicted molar refractivity (Wildman–Crippen MR) is 93.3 cm³/mol. The van der Waals surface area contributed by atoms with Crippen molar-refractivity contribution in [3.8, 4) is 0 Å². The summed E-state index contributed by atoms with van der Waals surface area (Å²) in [5, 5.41) is 12.0. The zero-order chi connectivity index (χ0) is 17.4. The van der Waals surface area contributed by atoms with Crippen molar-refractivity contribution in [2.75, 3.05) is 19.6 Å². The number of rotatable bonds is 7. The molecule has 0 aliphatic carbocycles. The molecule has 0 atom stereocenters. The Balaban J connectivity index is 1.68. The van der Waals surface area contributed by atoms with Crippen LogP contribution in [0.3, 0.4) is 0 Å². The lowest BCUT2D eigenvalue weighted by atomic mass is 9.95. The van der Waals surface area contributed by atoms with Crippen LogP contribution in [0.4, 0.5) is 0 Å². The molecule has 1 aliphatic heterocycles. The maximum Gasteiger partial charge on any atom is 0.223 e. The van der Waals surface area contributed by atoms with Crippen LogP contribution in [0.15, 0.2) is 24.3 Å². The van der Waals surface area contributed by atoms with E-state index in [0.717, 1.165) is 36.8 Å². The number of aliphatic hydroxyl groups is 1. The Morgan fingerprint density at radius 3 is 2.38 bits per heavy atom. The van der Waals surface area contributed by atoms with Gasteiger partial charge in [0.15, 0.2) is 0 Å². The molecule has 0 bridgehead atoms. The number of carbonyl (C=O) groups is 2. The summed E-state index contributed by atoms with van der Waals surface area (Å²) in [7, 11) is 0. The Morgan fingerprint density at radius 2 is 1.79 bits per heavy atom. The highest BCUT2D eigenvalue weighted by atomic mass is 16.3. The van der Waals surface area contributed by atoms with E-state index in [1.807, 2.05) is 36.1 Å². The van der Waals surface area contributed by atoms with Crippen LogP contribution in [0.25, 0.3) is 0 Å². The van der Waals surface area contributed by atoms with E-state index in [-0.39, 0.29) is 24.3 Å². The third-order valence-corrected chi connectivity index (χ3v) is 4.60. The zero-order valence-corrected chi connectivity index (χ0v) is 14.5. The quantitative estimate of drug-likeness (QED) is 0.801. The number of nitrogens with zero attached hydrogens (tertiary/aromatic N) is 1. The fraction of sp³-hybridized carbons (Fsp3) is 0.579. The average molecular weight is 332 g/mol. The van der Waals surface area contributed by atoms with Gasteiger partial charge in [0, 0.05) is 32.0 Å². The molecule has 1 aromatic carbocycles. The molecule has 5 nitrogen and oxygen atoms in total. The highest BCUT2D eigenvalue weighted by molar-refractivity contribution is 5.80. The summed E-state index contributed by atoms with van der Waals surface area (Å²) in [5.74, 6) is 0.333. The van der Waals surface area contributed by atoms with Crippen LogP contribution in [-0.2, 0) is 22.6 Å². The summed E-state index contributed by atoms with van der Waals surface area (Å²) in [6.07, 6.45) is 3.77. The number of carbonyl (C=O) groups excluding carboxylic acids is 2. The normalized spacial score (nSPS) is 15.3. The van der Waals surface area contributed by atoms with Gasteiger partial charge in [-0.05, 0) is 36.8 Å². The number of hydrogen-bond acceptors (Lipinski definition) is 3. The minimum absolute atomic E-state index is 0.0208. The van der Waals surface area contributed by atoms with Crippen LogP contribution in [0.1, 0.15) is 43.7 Å². The van der Waals surface area contributed by atoms with Crippen LogP contribution in [-0.4, -0.2) is 41.5 Å². The fourth-order valence-electron chi connectivity index (χ4n) is 3.05. The molecule has 1 heterocycles. The molecule has 24 heavy (non-hydrogen) atoms. The van der Waals surface area contributed by atoms with Crippen molar-refractivity contribution in [1.29, 1.82) is 0 Å². The molecule has 2 amide bonds. The summed E-state index contributed by atoms with van der Waals surface area (Å²) in [6, 6.07) is 7.77. The van der Waals surface area contributed by atoms with Gasteiger partial charge >= 0.3 is 0 Å². The molecule has 0 saturated carbocycles. The number of hydrogen-bond donors (Lipinski definition) is 2. The summed E-state index contributed by atoms with van der Waals surface area (Å²) >= 11 is 0. The van der Waals surface area contributed by atoms with Gasteiger partial charge in [0.25, 0.3) is 0 Å². The number of nitrogens with one attached hydrogen (secondary N) is 1. The van der Waals surface area contributed by atoms with E-state index in [1.54, 1.807) is 0 Å². The molecule has 1 fully saturated rings. The second-order valence-electron chi connectivity index (χ2n) is 6.42. The van der Waals surface area contributed by atoms with Crippen molar-refractivity contribution in [3.63, 3.8) is 0 Å². The first-order chi connectivity index (χ1) is 11.6. The largest absolute Gasteiger partial charge is 0.392 e. The molecule has 132 valence electrons. The Morgan fingerprint density at radius 1 is 1.17 bits per heavy atom. The van der Waals surface area contributed by atoms with E-state index in [1.165, 1.54) is 0 Å². The molecule has 1 saturated heterocycles. The van der Waals surface area contributed by atoms with Crippen LogP contribution >= 0.6 is 0 Å². The van der Waals surface area contributed by atoms with E-state index in [2.05, 4.69) is 5.32 Å². The van der Waals surface area contributed by atoms with Gasteiger partial charge in [-0.2, -0.15) is 0 Å². The topological polar surface area (TPSA) is 69.6 Å². The summed E-state index contributed by atoms with van der Waals surface area (Å²) in [5.41, 5.74) is 2.04. The average Bonchev–Trinajstić information content (AvgIpc) is 2.62. The monoisotopic (exact) mass is 332 g/mol. The first-order valence-electron chi connectivity index (χ1n) is 8.88. The molecular formula is C19H28N2O3. The van der Waals surface area contributed by atoms with Crippen LogP contribution in [0.5, 0.6) is 0 Å². The summed E-state index contributed by atoms with van der Waals surface area (Å²) < 4.78 is 0. The lowest BCUT2D eigenvalue weighted by Gasteiger charge is -2.31. The highest BCUT2D eigenvalue weighted by Crippen LogP contribution is 2.18. The van der Waals surface area contributed by atoms with E-state index >= 15 is 0 Å². The standard InChI is InChI=1S/C19H28N2O3/c1-2-3-18(23)21-12-9-17(10-13-21)19(24)20-11-8-15-4-6-16(14-22)7-5-15/h4-7,17,22H,2-3,8-14H2,1H3,(H,20,24). The third-order valence-electron chi connectivity index (χ3n) is 4.60. The van der Waals surface area contributed by atoms with Crippen LogP contribution < -0.4 is 5.32 Å². The van der Waals surface area contributed by atoms with Gasteiger partial charge in [0.05, 0.1) is 6.61 Å². The van der Waals surface area contributed by atoms with Crippen molar-refractivity contribution >= 4 is 11.8 Å². The van der Waals surface area contributed by atoms with Gasteiger partial charge in [-0.1, -0.05) is 31.2 Å². The molecule has 2 rings (SSSR count). The molecule has 0 spiro atoms. The minimum atomic E-state index is 0.0208. The van der Waals surface area contributed by atoms with E-state index < -0.39 is 0 Å². The number of benzene rings is 1. The van der Waals surface area contributed by atoms with Crippen molar-refractivity contribution in [2.24, 2.45) is 5.92 Å². The molecule has 0 unspecified atom stereocenters. The van der Waals surface area contributed by atoms with Crippen molar-refractivity contribution in [2.45, 2.75) is 45.6 Å². The first kappa shape index (κ1) is 18.5. The number of amides is 2. The van der Waals surface area contributed by atoms with Crippen LogP contribution in [0.2, 0.25) is 0 Å². The van der Waals surface area contributed by atoms with Crippen molar-refractivity contribution < 1.29 is 14.7 Å². The Bertz CT molecular complexity index is 534. The predicted octanol–water partition coefficient (Wildman–Crippen LogP) is 1.88. The first-order valence-corrected chi connectivity index (χ1v) is 8.88. The summed E-state index contributed by atoms with van der Waals surface area (Å²) in [4.78, 5) is 26.0. The second kappa shape index (κ2) is 9.42. The lowest BCUT2D eigenvalue weighted by Crippen LogP contribution is -2.43. The van der Waals surface area contributed by atoms with E-state index in [4.69, 9.17) is 5.11 Å². The molecule has 5 heteroatoms. The molecule has 1 aliphatic rings. The minimum Gasteiger partial charge on any atom is -0.392 e. The van der Waals surface area contributed by atoms with Gasteiger partial charge in [-0.25, -0.2) is 0 Å². The smallest absolute Gasteiger partial charge is 0.223 e. The Kier molecular flexibility index (Phi) is 7.25. The van der Waals surface area contributed by atoms with Gasteiger partial charge in [-0.3, -0.25) is 9.59 Å². The molecular weight excluding hydrogens is 304 g/mol. The SMILES string of the molecule is CCCC(=O)N1CCC(C(=O)NCCc2ccc(CO)cc2)CC1. The van der Waals surface area contributed by atoms with Crippen molar-refractivity contribution in [3.05, 3.63) is 35.4 Å². The summed E-state index contributed by atoms with van der Waals surface area (Å²) in [6.45, 7) is 4.07. The van der Waals surface area contributed by atoms with Crippen molar-refractivity contribution in [1.82, 2.24) is 10.2 Å². The number of piperidine rings is 1. The maximum atomic E-state index is 12.2. The Labute approximate surface area is 144 Å². The lowest BCUT2D eigenvalue weighted by molar-refractivity contribution is -0.135. The van der Waals surface area contributed by atoms with E-state index in [0.29, 0.717) is 26.1 Å². The van der Waals surface area contributed by atoms with Gasteiger partial charge < -0.3 is 15.3 Å². The maximum absolute atomic E-state index is 12.2. The highest BCUT2D eigenvalue weighted by Gasteiger charge is 2.26. The fourth-order valence-corrected chi connectivity index (χ4v) is 3.05. The molecule has 0 radical (unpaired) electrons. The van der Waals surface area contributed by atoms with Gasteiger partial charge in [-0.15, -0.1) is 0 Å². The number of likely N-dealkylation sites (tertiary alicyclic amines) is 1. The zero-order valence-electron chi connectivity index (χ0n) is 14.5.